The van der Waals surface area contributed by atoms with E-state index in [0.29, 0.717) is 11.1 Å². The van der Waals surface area contributed by atoms with Gasteiger partial charge in [-0.15, -0.1) is 0 Å². The topological polar surface area (TPSA) is 81.8 Å². The summed E-state index contributed by atoms with van der Waals surface area (Å²) in [4.78, 5) is 28.5. The van der Waals surface area contributed by atoms with E-state index in [2.05, 4.69) is 15.4 Å². The molecule has 0 bridgehead atoms. The highest BCUT2D eigenvalue weighted by atomic mass is 19.4. The Balaban J connectivity index is 1.70. The molecule has 0 saturated heterocycles. The summed E-state index contributed by atoms with van der Waals surface area (Å²) in [6.45, 7) is 1.31. The van der Waals surface area contributed by atoms with Gasteiger partial charge in [0.2, 0.25) is 5.91 Å². The van der Waals surface area contributed by atoms with Crippen LogP contribution in [-0.2, 0) is 24.6 Å². The lowest BCUT2D eigenvalue weighted by Gasteiger charge is -2.15. The first-order valence-electron chi connectivity index (χ1n) is 8.00. The number of alkyl halides is 3. The molecule has 3 aromatic rings. The molecule has 0 saturated carbocycles. The van der Waals surface area contributed by atoms with E-state index in [1.165, 1.54) is 24.7 Å². The number of fused-ring (bicyclic) bond motifs is 1. The molecule has 1 atom stereocenters. The van der Waals surface area contributed by atoms with Gasteiger partial charge < -0.3 is 9.88 Å². The third-order valence-corrected chi connectivity index (χ3v) is 4.15. The van der Waals surface area contributed by atoms with Gasteiger partial charge in [0.25, 0.3) is 5.56 Å². The third-order valence-electron chi connectivity index (χ3n) is 4.15. The molecule has 3 rings (SSSR count). The number of carbonyl (C=O) groups is 1. The van der Waals surface area contributed by atoms with Gasteiger partial charge in [0, 0.05) is 7.05 Å². The molecular weight excluding hydrogens is 363 g/mol. The van der Waals surface area contributed by atoms with Crippen molar-refractivity contribution >= 4 is 16.9 Å². The normalized spacial score (nSPS) is 12.9. The van der Waals surface area contributed by atoms with Crippen molar-refractivity contribution in [2.24, 2.45) is 7.05 Å². The van der Waals surface area contributed by atoms with Crippen LogP contribution in [0.1, 0.15) is 24.1 Å². The van der Waals surface area contributed by atoms with Gasteiger partial charge in [-0.05, 0) is 24.6 Å². The summed E-state index contributed by atoms with van der Waals surface area (Å²) in [5.74, 6) is -0.493. The summed E-state index contributed by atoms with van der Waals surface area (Å²) < 4.78 is 40.5. The number of aryl methyl sites for hydroxylation is 1. The van der Waals surface area contributed by atoms with E-state index in [4.69, 9.17) is 0 Å². The van der Waals surface area contributed by atoms with E-state index < -0.39 is 29.2 Å². The van der Waals surface area contributed by atoms with Crippen molar-refractivity contribution in [2.75, 3.05) is 0 Å². The lowest BCUT2D eigenvalue weighted by molar-refractivity contribution is -0.137. The summed E-state index contributed by atoms with van der Waals surface area (Å²) >= 11 is 0. The number of hydrogen-bond donors (Lipinski definition) is 1. The molecule has 0 aliphatic rings. The van der Waals surface area contributed by atoms with E-state index in [0.717, 1.165) is 16.8 Å². The van der Waals surface area contributed by atoms with Crippen molar-refractivity contribution in [3.63, 3.8) is 0 Å². The molecule has 0 spiro atoms. The standard InChI is InChI=1S/C17H16F3N5O2/c1-10(11-3-5-12(6-4-11)17(18,19)20)23-14(26)8-25-16(27)15-13(7-22-25)24(2)9-21-15/h3-7,9-10H,8H2,1-2H3,(H,23,26)/t10-/m0/s1. The minimum atomic E-state index is -4.41. The average molecular weight is 379 g/mol. The van der Waals surface area contributed by atoms with E-state index in [-0.39, 0.29) is 12.1 Å². The number of carbonyl (C=O) groups excluding carboxylic acids is 1. The van der Waals surface area contributed by atoms with Crippen molar-refractivity contribution in [3.05, 3.63) is 58.3 Å². The van der Waals surface area contributed by atoms with Crippen LogP contribution >= 0.6 is 0 Å². The number of benzene rings is 1. The first kappa shape index (κ1) is 18.6. The Bertz CT molecular complexity index is 1040. The molecule has 1 aromatic carbocycles. The maximum absolute atomic E-state index is 12.6. The van der Waals surface area contributed by atoms with Gasteiger partial charge in [0.15, 0.2) is 5.52 Å². The molecule has 0 aliphatic carbocycles. The van der Waals surface area contributed by atoms with Crippen LogP contribution in [0, 0.1) is 0 Å². The van der Waals surface area contributed by atoms with E-state index in [1.54, 1.807) is 18.5 Å². The molecule has 10 heteroatoms. The zero-order valence-electron chi connectivity index (χ0n) is 14.5. The van der Waals surface area contributed by atoms with Crippen molar-refractivity contribution in [2.45, 2.75) is 25.7 Å². The fraction of sp³-hybridized carbons (Fsp3) is 0.294. The van der Waals surface area contributed by atoms with Crippen LogP contribution in [0.15, 0.2) is 41.6 Å². The summed E-state index contributed by atoms with van der Waals surface area (Å²) in [7, 11) is 1.72. The maximum atomic E-state index is 12.6. The summed E-state index contributed by atoms with van der Waals surface area (Å²) in [6, 6.07) is 3.99. The summed E-state index contributed by atoms with van der Waals surface area (Å²) in [6.07, 6.45) is -1.50. The number of rotatable bonds is 4. The Labute approximate surface area is 151 Å². The monoisotopic (exact) mass is 379 g/mol. The Morgan fingerprint density at radius 3 is 2.56 bits per heavy atom. The lowest BCUT2D eigenvalue weighted by atomic mass is 10.1. The quantitative estimate of drug-likeness (QED) is 0.752. The molecule has 0 fully saturated rings. The zero-order chi connectivity index (χ0) is 19.8. The van der Waals surface area contributed by atoms with Crippen molar-refractivity contribution < 1.29 is 18.0 Å². The Morgan fingerprint density at radius 1 is 1.26 bits per heavy atom. The number of imidazole rings is 1. The van der Waals surface area contributed by atoms with Gasteiger partial charge in [-0.1, -0.05) is 12.1 Å². The second-order valence-electron chi connectivity index (χ2n) is 6.11. The first-order chi connectivity index (χ1) is 12.7. The SMILES string of the molecule is C[C@H](NC(=O)Cn1ncc2c(ncn2C)c1=O)c1ccc(C(F)(F)F)cc1. The number of hydrogen-bond acceptors (Lipinski definition) is 4. The number of nitrogens with zero attached hydrogens (tertiary/aromatic N) is 4. The lowest BCUT2D eigenvalue weighted by Crippen LogP contribution is -2.35. The van der Waals surface area contributed by atoms with Crippen LogP contribution in [-0.4, -0.2) is 25.2 Å². The highest BCUT2D eigenvalue weighted by Crippen LogP contribution is 2.29. The molecule has 7 nitrogen and oxygen atoms in total. The van der Waals surface area contributed by atoms with Crippen molar-refractivity contribution in [3.8, 4) is 0 Å². The fourth-order valence-corrected chi connectivity index (χ4v) is 2.64. The molecule has 1 amide bonds. The number of halogens is 3. The fourth-order valence-electron chi connectivity index (χ4n) is 2.64. The number of nitrogens with one attached hydrogen (secondary N) is 1. The predicted molar refractivity (Wildman–Crippen MR) is 90.8 cm³/mol. The minimum absolute atomic E-state index is 0.205. The van der Waals surface area contributed by atoms with E-state index >= 15 is 0 Å². The van der Waals surface area contributed by atoms with Gasteiger partial charge in [-0.2, -0.15) is 18.3 Å². The van der Waals surface area contributed by atoms with E-state index in [1.807, 2.05) is 0 Å². The van der Waals surface area contributed by atoms with Crippen LogP contribution in [0.3, 0.4) is 0 Å². The minimum Gasteiger partial charge on any atom is -0.348 e. The van der Waals surface area contributed by atoms with Gasteiger partial charge in [0.05, 0.1) is 29.6 Å². The Hall–Kier alpha value is -3.17. The average Bonchev–Trinajstić information content (AvgIpc) is 2.98. The molecule has 0 unspecified atom stereocenters. The molecule has 0 aliphatic heterocycles. The first-order valence-corrected chi connectivity index (χ1v) is 8.00. The van der Waals surface area contributed by atoms with Crippen LogP contribution in [0.25, 0.3) is 11.0 Å². The molecule has 2 aromatic heterocycles. The van der Waals surface area contributed by atoms with Crippen LogP contribution in [0.2, 0.25) is 0 Å². The Morgan fingerprint density at radius 2 is 1.93 bits per heavy atom. The van der Waals surface area contributed by atoms with Crippen molar-refractivity contribution in [1.29, 1.82) is 0 Å². The Kier molecular flexibility index (Phi) is 4.73. The van der Waals surface area contributed by atoms with Gasteiger partial charge >= 0.3 is 6.18 Å². The second-order valence-corrected chi connectivity index (χ2v) is 6.11. The maximum Gasteiger partial charge on any atom is 0.416 e. The summed E-state index contributed by atoms with van der Waals surface area (Å²) in [5.41, 5.74) is 0.0114. The molecule has 2 heterocycles. The molecule has 1 N–H and O–H groups in total. The molecule has 142 valence electrons. The van der Waals surface area contributed by atoms with Crippen LogP contribution in [0.4, 0.5) is 13.2 Å². The predicted octanol–water partition coefficient (Wildman–Crippen LogP) is 2.03. The van der Waals surface area contributed by atoms with Crippen LogP contribution in [0.5, 0.6) is 0 Å². The number of aromatic nitrogens is 4. The molecule has 0 radical (unpaired) electrons. The van der Waals surface area contributed by atoms with Crippen molar-refractivity contribution in [1.82, 2.24) is 24.6 Å². The van der Waals surface area contributed by atoms with Gasteiger partial charge in [-0.25, -0.2) is 9.67 Å². The smallest absolute Gasteiger partial charge is 0.348 e. The second kappa shape index (κ2) is 6.86. The van der Waals surface area contributed by atoms with Gasteiger partial charge in [0.1, 0.15) is 6.54 Å². The highest BCUT2D eigenvalue weighted by molar-refractivity contribution is 5.77. The third kappa shape index (κ3) is 3.83. The van der Waals surface area contributed by atoms with E-state index in [9.17, 15) is 22.8 Å². The molecular formula is C17H16F3N5O2. The largest absolute Gasteiger partial charge is 0.416 e. The zero-order valence-corrected chi connectivity index (χ0v) is 14.5. The molecule has 27 heavy (non-hydrogen) atoms. The van der Waals surface area contributed by atoms with Crippen LogP contribution < -0.4 is 10.9 Å². The summed E-state index contributed by atoms with van der Waals surface area (Å²) in [5, 5.41) is 6.59. The van der Waals surface area contributed by atoms with Gasteiger partial charge in [-0.3, -0.25) is 9.59 Å². The number of amides is 1. The highest BCUT2D eigenvalue weighted by Gasteiger charge is 2.30.